The van der Waals surface area contributed by atoms with E-state index in [1.807, 2.05) is 0 Å². The number of carbonyl (C=O) groups excluding carboxylic acids is 1. The molecule has 0 unspecified atom stereocenters. The van der Waals surface area contributed by atoms with Gasteiger partial charge in [0, 0.05) is 26.6 Å². The SMILES string of the molecule is CCCCCN(CCNS(=O)(=O)c1ccc(Cl)c(Cl)c1)C(C)=O. The van der Waals surface area contributed by atoms with Gasteiger partial charge in [-0.05, 0) is 24.6 Å². The average Bonchev–Trinajstić information content (AvgIpc) is 2.48. The number of carbonyl (C=O) groups is 1. The molecular weight excluding hydrogens is 359 g/mol. The van der Waals surface area contributed by atoms with Crippen molar-refractivity contribution in [2.45, 2.75) is 38.0 Å². The number of benzene rings is 1. The Bertz CT molecular complexity index is 636. The highest BCUT2D eigenvalue weighted by atomic mass is 35.5. The Kier molecular flexibility index (Phi) is 8.33. The lowest BCUT2D eigenvalue weighted by molar-refractivity contribution is -0.128. The maximum atomic E-state index is 12.2. The Balaban J connectivity index is 2.60. The first kappa shape index (κ1) is 20.2. The minimum absolute atomic E-state index is 0.0484. The van der Waals surface area contributed by atoms with E-state index in [1.165, 1.54) is 25.1 Å². The zero-order valence-corrected chi connectivity index (χ0v) is 15.6. The topological polar surface area (TPSA) is 66.5 Å². The van der Waals surface area contributed by atoms with Gasteiger partial charge in [-0.25, -0.2) is 13.1 Å². The molecule has 0 bridgehead atoms. The van der Waals surface area contributed by atoms with E-state index in [4.69, 9.17) is 23.2 Å². The van der Waals surface area contributed by atoms with E-state index >= 15 is 0 Å². The minimum Gasteiger partial charge on any atom is -0.342 e. The van der Waals surface area contributed by atoms with E-state index in [9.17, 15) is 13.2 Å². The maximum Gasteiger partial charge on any atom is 0.240 e. The molecule has 8 heteroatoms. The van der Waals surface area contributed by atoms with E-state index in [-0.39, 0.29) is 22.4 Å². The van der Waals surface area contributed by atoms with Crippen LogP contribution in [0.3, 0.4) is 0 Å². The number of nitrogens with zero attached hydrogens (tertiary/aromatic N) is 1. The van der Waals surface area contributed by atoms with Crippen LogP contribution in [-0.4, -0.2) is 38.9 Å². The molecule has 1 amide bonds. The van der Waals surface area contributed by atoms with Crippen LogP contribution in [0.15, 0.2) is 23.1 Å². The number of rotatable bonds is 9. The standard InChI is InChI=1S/C15H22Cl2N2O3S/c1-3-4-5-9-19(12(2)20)10-8-18-23(21,22)13-6-7-14(16)15(17)11-13/h6-7,11,18H,3-5,8-10H2,1-2H3. The summed E-state index contributed by atoms with van der Waals surface area (Å²) in [6.45, 7) is 4.69. The van der Waals surface area contributed by atoms with Gasteiger partial charge in [0.15, 0.2) is 0 Å². The van der Waals surface area contributed by atoms with Gasteiger partial charge in [0.25, 0.3) is 0 Å². The molecule has 0 fully saturated rings. The van der Waals surface area contributed by atoms with Gasteiger partial charge in [0.2, 0.25) is 15.9 Å². The van der Waals surface area contributed by atoms with Crippen LogP contribution in [0, 0.1) is 0 Å². The summed E-state index contributed by atoms with van der Waals surface area (Å²) < 4.78 is 26.9. The number of sulfonamides is 1. The Morgan fingerprint density at radius 2 is 1.87 bits per heavy atom. The van der Waals surface area contributed by atoms with Crippen LogP contribution in [0.25, 0.3) is 0 Å². The van der Waals surface area contributed by atoms with Crippen molar-refractivity contribution in [3.63, 3.8) is 0 Å². The van der Waals surface area contributed by atoms with Crippen molar-refractivity contribution in [1.29, 1.82) is 0 Å². The normalized spacial score (nSPS) is 11.5. The van der Waals surface area contributed by atoms with Crippen LogP contribution in [-0.2, 0) is 14.8 Å². The lowest BCUT2D eigenvalue weighted by Gasteiger charge is -2.21. The van der Waals surface area contributed by atoms with Crippen molar-refractivity contribution in [2.75, 3.05) is 19.6 Å². The fourth-order valence-electron chi connectivity index (χ4n) is 2.02. The van der Waals surface area contributed by atoms with Crippen LogP contribution in [0.5, 0.6) is 0 Å². The molecule has 130 valence electrons. The molecule has 0 aliphatic heterocycles. The molecule has 0 heterocycles. The molecule has 0 atom stereocenters. The highest BCUT2D eigenvalue weighted by molar-refractivity contribution is 7.89. The quantitative estimate of drug-likeness (QED) is 0.668. The van der Waals surface area contributed by atoms with Crippen molar-refractivity contribution in [3.8, 4) is 0 Å². The second kappa shape index (κ2) is 9.47. The molecule has 0 aromatic heterocycles. The third-order valence-electron chi connectivity index (χ3n) is 3.35. The van der Waals surface area contributed by atoms with Crippen molar-refractivity contribution >= 4 is 39.1 Å². The zero-order chi connectivity index (χ0) is 17.5. The highest BCUT2D eigenvalue weighted by Crippen LogP contribution is 2.24. The molecular formula is C15H22Cl2N2O3S. The highest BCUT2D eigenvalue weighted by Gasteiger charge is 2.16. The third-order valence-corrected chi connectivity index (χ3v) is 5.55. The van der Waals surface area contributed by atoms with Crippen LogP contribution < -0.4 is 4.72 Å². The third kappa shape index (κ3) is 6.67. The lowest BCUT2D eigenvalue weighted by atomic mass is 10.2. The number of amides is 1. The molecule has 0 saturated heterocycles. The summed E-state index contributed by atoms with van der Waals surface area (Å²) in [5.41, 5.74) is 0. The van der Waals surface area contributed by atoms with Gasteiger partial charge in [-0.15, -0.1) is 0 Å². The van der Waals surface area contributed by atoms with Crippen LogP contribution in [0.4, 0.5) is 0 Å². The van der Waals surface area contributed by atoms with E-state index in [2.05, 4.69) is 11.6 Å². The summed E-state index contributed by atoms with van der Waals surface area (Å²) >= 11 is 11.6. The van der Waals surface area contributed by atoms with E-state index in [0.29, 0.717) is 18.1 Å². The number of nitrogens with one attached hydrogen (secondary N) is 1. The number of unbranched alkanes of at least 4 members (excludes halogenated alkanes) is 2. The van der Waals surface area contributed by atoms with Crippen molar-refractivity contribution in [2.24, 2.45) is 0 Å². The first-order chi connectivity index (χ1) is 10.8. The van der Waals surface area contributed by atoms with E-state index in [1.54, 1.807) is 4.90 Å². The summed E-state index contributed by atoms with van der Waals surface area (Å²) in [6, 6.07) is 4.13. The monoisotopic (exact) mass is 380 g/mol. The van der Waals surface area contributed by atoms with Crippen LogP contribution in [0.2, 0.25) is 10.0 Å². The largest absolute Gasteiger partial charge is 0.342 e. The van der Waals surface area contributed by atoms with Crippen molar-refractivity contribution in [3.05, 3.63) is 28.2 Å². The number of halogens is 2. The number of hydrogen-bond donors (Lipinski definition) is 1. The van der Waals surface area contributed by atoms with Crippen LogP contribution in [0.1, 0.15) is 33.1 Å². The fourth-order valence-corrected chi connectivity index (χ4v) is 3.43. The predicted molar refractivity (Wildman–Crippen MR) is 93.4 cm³/mol. The molecule has 1 N–H and O–H groups in total. The van der Waals surface area contributed by atoms with Crippen molar-refractivity contribution < 1.29 is 13.2 Å². The van der Waals surface area contributed by atoms with Crippen molar-refractivity contribution in [1.82, 2.24) is 9.62 Å². The van der Waals surface area contributed by atoms with E-state index < -0.39 is 10.0 Å². The Morgan fingerprint density at radius 1 is 1.17 bits per heavy atom. The van der Waals surface area contributed by atoms with Crippen LogP contribution >= 0.6 is 23.2 Å². The molecule has 1 aromatic carbocycles. The first-order valence-electron chi connectivity index (χ1n) is 7.48. The van der Waals surface area contributed by atoms with Gasteiger partial charge >= 0.3 is 0 Å². The molecule has 1 rings (SSSR count). The van der Waals surface area contributed by atoms with Gasteiger partial charge in [-0.3, -0.25) is 4.79 Å². The molecule has 0 radical (unpaired) electrons. The van der Waals surface area contributed by atoms with Gasteiger partial charge in [0.1, 0.15) is 0 Å². The zero-order valence-electron chi connectivity index (χ0n) is 13.3. The van der Waals surface area contributed by atoms with Gasteiger partial charge in [-0.1, -0.05) is 43.0 Å². The Hall–Kier alpha value is -0.820. The minimum atomic E-state index is -3.68. The lowest BCUT2D eigenvalue weighted by Crippen LogP contribution is -2.38. The summed E-state index contributed by atoms with van der Waals surface area (Å²) in [6.07, 6.45) is 3.02. The van der Waals surface area contributed by atoms with E-state index in [0.717, 1.165) is 19.3 Å². The second-order valence-corrected chi connectivity index (χ2v) is 7.77. The first-order valence-corrected chi connectivity index (χ1v) is 9.72. The molecule has 1 aromatic rings. The van der Waals surface area contributed by atoms with Gasteiger partial charge in [-0.2, -0.15) is 0 Å². The smallest absolute Gasteiger partial charge is 0.240 e. The summed E-state index contributed by atoms with van der Waals surface area (Å²) in [7, 11) is -3.68. The summed E-state index contributed by atoms with van der Waals surface area (Å²) in [5.74, 6) is -0.0603. The molecule has 23 heavy (non-hydrogen) atoms. The Morgan fingerprint density at radius 3 is 2.43 bits per heavy atom. The fraction of sp³-hybridized carbons (Fsp3) is 0.533. The van der Waals surface area contributed by atoms with Gasteiger partial charge < -0.3 is 4.90 Å². The predicted octanol–water partition coefficient (Wildman–Crippen LogP) is 3.31. The summed E-state index contributed by atoms with van der Waals surface area (Å²) in [5, 5.41) is 0.476. The molecule has 5 nitrogen and oxygen atoms in total. The molecule has 0 aliphatic rings. The molecule has 0 spiro atoms. The second-order valence-electron chi connectivity index (χ2n) is 5.19. The summed E-state index contributed by atoms with van der Waals surface area (Å²) in [4.78, 5) is 13.3. The maximum absolute atomic E-state index is 12.2. The Labute approximate surface area is 148 Å². The number of hydrogen-bond acceptors (Lipinski definition) is 3. The molecule has 0 aliphatic carbocycles. The average molecular weight is 381 g/mol. The molecule has 0 saturated carbocycles. The van der Waals surface area contributed by atoms with Gasteiger partial charge in [0.05, 0.1) is 14.9 Å².